The molecule has 35 heavy (non-hydrogen) atoms. The van der Waals surface area contributed by atoms with Crippen molar-refractivity contribution in [2.45, 2.75) is 43.2 Å². The van der Waals surface area contributed by atoms with Crippen molar-refractivity contribution in [3.63, 3.8) is 0 Å². The first-order valence-electron chi connectivity index (χ1n) is 11.6. The molecule has 0 unspecified atom stereocenters. The Balaban J connectivity index is 1.50. The van der Waals surface area contributed by atoms with Crippen LogP contribution in [0.3, 0.4) is 0 Å². The lowest BCUT2D eigenvalue weighted by molar-refractivity contribution is -0.127. The normalized spacial score (nSPS) is 19.9. The molecule has 2 heterocycles. The van der Waals surface area contributed by atoms with Crippen LogP contribution in [0.2, 0.25) is 5.02 Å². The number of piperidine rings is 1. The van der Waals surface area contributed by atoms with Gasteiger partial charge in [0.2, 0.25) is 15.9 Å². The summed E-state index contributed by atoms with van der Waals surface area (Å²) in [7, 11) is -3.79. The molecule has 184 valence electrons. The number of rotatable bonds is 6. The lowest BCUT2D eigenvalue weighted by Crippen LogP contribution is -2.52. The number of amides is 2. The molecule has 1 N–H and O–H groups in total. The van der Waals surface area contributed by atoms with Gasteiger partial charge in [0.1, 0.15) is 6.04 Å². The highest BCUT2D eigenvalue weighted by atomic mass is 35.5. The minimum atomic E-state index is -3.79. The van der Waals surface area contributed by atoms with Crippen LogP contribution in [0.25, 0.3) is 0 Å². The first kappa shape index (κ1) is 25.2. The third-order valence-electron chi connectivity index (χ3n) is 6.54. The summed E-state index contributed by atoms with van der Waals surface area (Å²) < 4.78 is 27.0. The van der Waals surface area contributed by atoms with E-state index in [0.717, 1.165) is 18.4 Å². The second-order valence-electron chi connectivity index (χ2n) is 8.97. The smallest absolute Gasteiger partial charge is 0.254 e. The molecule has 2 aromatic carbocycles. The highest BCUT2D eigenvalue weighted by Gasteiger charge is 2.38. The number of sulfonamides is 1. The van der Waals surface area contributed by atoms with Gasteiger partial charge in [-0.25, -0.2) is 8.42 Å². The van der Waals surface area contributed by atoms with E-state index in [4.69, 9.17) is 16.9 Å². The fourth-order valence-corrected chi connectivity index (χ4v) is 6.12. The summed E-state index contributed by atoms with van der Waals surface area (Å²) in [5.41, 5.74) is 1.12. The van der Waals surface area contributed by atoms with Crippen LogP contribution in [0.1, 0.15) is 48.1 Å². The third-order valence-corrected chi connectivity index (χ3v) is 8.62. The third kappa shape index (κ3) is 5.35. The van der Waals surface area contributed by atoms with Crippen molar-refractivity contribution in [3.8, 4) is 6.07 Å². The maximum absolute atomic E-state index is 13.4. The van der Waals surface area contributed by atoms with Gasteiger partial charge in [0.15, 0.2) is 0 Å². The Morgan fingerprint density at radius 1 is 1.14 bits per heavy atom. The molecule has 8 nitrogen and oxygen atoms in total. The topological polar surface area (TPSA) is 111 Å². The summed E-state index contributed by atoms with van der Waals surface area (Å²) in [5, 5.41) is 12.5. The maximum Gasteiger partial charge on any atom is 0.254 e. The number of hydrogen-bond donors (Lipinski definition) is 1. The second kappa shape index (κ2) is 10.4. The Morgan fingerprint density at radius 2 is 1.86 bits per heavy atom. The van der Waals surface area contributed by atoms with E-state index in [9.17, 15) is 18.0 Å². The first-order chi connectivity index (χ1) is 16.7. The van der Waals surface area contributed by atoms with Crippen LogP contribution in [-0.4, -0.2) is 55.1 Å². The standard InChI is InChI=1S/C25H27ClN4O4S/c1-17(19-8-10-21(26)11-9-19)28-24(31)23-7-2-3-12-30(23)25(32)20-5-4-6-22(13-20)35(33,34)29-15-18(14-27)16-29/h4-6,8-11,13,17-18,23H,2-3,7,12,15-16H2,1H3,(H,28,31)/t17-,23-/m1/s1. The number of halogens is 1. The average Bonchev–Trinajstić information content (AvgIpc) is 2.83. The van der Waals surface area contributed by atoms with E-state index in [2.05, 4.69) is 11.4 Å². The Kier molecular flexibility index (Phi) is 7.45. The molecule has 2 aliphatic heterocycles. The van der Waals surface area contributed by atoms with E-state index in [1.165, 1.54) is 27.4 Å². The van der Waals surface area contributed by atoms with Crippen LogP contribution in [0.15, 0.2) is 53.4 Å². The zero-order valence-electron chi connectivity index (χ0n) is 19.4. The van der Waals surface area contributed by atoms with E-state index in [0.29, 0.717) is 18.0 Å². The molecule has 4 rings (SSSR count). The van der Waals surface area contributed by atoms with E-state index >= 15 is 0 Å². The zero-order chi connectivity index (χ0) is 25.2. The lowest BCUT2D eigenvalue weighted by Gasteiger charge is -2.36. The summed E-state index contributed by atoms with van der Waals surface area (Å²) in [6.45, 7) is 2.59. The Labute approximate surface area is 210 Å². The predicted molar refractivity (Wildman–Crippen MR) is 131 cm³/mol. The SMILES string of the molecule is C[C@@H](NC(=O)[C@H]1CCCCN1C(=O)c1cccc(S(=O)(=O)N2CC(C#N)C2)c1)c1ccc(Cl)cc1. The molecule has 0 radical (unpaired) electrons. The predicted octanol–water partition coefficient (Wildman–Crippen LogP) is 3.36. The van der Waals surface area contributed by atoms with Crippen LogP contribution in [0.5, 0.6) is 0 Å². The number of carbonyl (C=O) groups is 2. The molecule has 10 heteroatoms. The fraction of sp³-hybridized carbons (Fsp3) is 0.400. The van der Waals surface area contributed by atoms with Crippen LogP contribution in [-0.2, 0) is 14.8 Å². The molecule has 2 amide bonds. The summed E-state index contributed by atoms with van der Waals surface area (Å²) >= 11 is 5.95. The van der Waals surface area contributed by atoms with Gasteiger partial charge in [0.25, 0.3) is 5.91 Å². The number of nitrogens with one attached hydrogen (secondary N) is 1. The number of likely N-dealkylation sites (tertiary alicyclic amines) is 1. The van der Waals surface area contributed by atoms with Gasteiger partial charge >= 0.3 is 0 Å². The Hall–Kier alpha value is -2.93. The second-order valence-corrected chi connectivity index (χ2v) is 11.3. The molecule has 0 saturated carbocycles. The molecule has 0 aliphatic carbocycles. The first-order valence-corrected chi connectivity index (χ1v) is 13.4. The number of carbonyl (C=O) groups excluding carboxylic acids is 2. The highest BCUT2D eigenvalue weighted by molar-refractivity contribution is 7.89. The molecular formula is C25H27ClN4O4S. The van der Waals surface area contributed by atoms with Gasteiger partial charge in [-0.2, -0.15) is 9.57 Å². The molecule has 2 saturated heterocycles. The van der Waals surface area contributed by atoms with Gasteiger partial charge in [-0.1, -0.05) is 29.8 Å². The number of benzene rings is 2. The zero-order valence-corrected chi connectivity index (χ0v) is 20.9. The van der Waals surface area contributed by atoms with Crippen molar-refractivity contribution in [3.05, 3.63) is 64.7 Å². The van der Waals surface area contributed by atoms with Crippen molar-refractivity contribution in [2.75, 3.05) is 19.6 Å². The van der Waals surface area contributed by atoms with Crippen molar-refractivity contribution in [1.29, 1.82) is 5.26 Å². The monoisotopic (exact) mass is 514 g/mol. The van der Waals surface area contributed by atoms with Gasteiger partial charge in [0.05, 0.1) is 22.9 Å². The number of nitriles is 1. The van der Waals surface area contributed by atoms with Gasteiger partial charge in [-0.05, 0) is 62.1 Å². The average molecular weight is 515 g/mol. The molecular weight excluding hydrogens is 488 g/mol. The fourth-order valence-electron chi connectivity index (χ4n) is 4.41. The van der Waals surface area contributed by atoms with Crippen LogP contribution >= 0.6 is 11.6 Å². The molecule has 2 fully saturated rings. The Bertz CT molecular complexity index is 1250. The van der Waals surface area contributed by atoms with E-state index in [-0.39, 0.29) is 47.3 Å². The molecule has 0 bridgehead atoms. The summed E-state index contributed by atoms with van der Waals surface area (Å²) in [5.74, 6) is -0.926. The van der Waals surface area contributed by atoms with Gasteiger partial charge in [0, 0.05) is 30.2 Å². The van der Waals surface area contributed by atoms with E-state index < -0.39 is 16.1 Å². The van der Waals surface area contributed by atoms with Crippen molar-refractivity contribution >= 4 is 33.4 Å². The van der Waals surface area contributed by atoms with Crippen molar-refractivity contribution < 1.29 is 18.0 Å². The summed E-state index contributed by atoms with van der Waals surface area (Å²) in [4.78, 5) is 28.1. The maximum atomic E-state index is 13.4. The molecule has 2 aromatic rings. The van der Waals surface area contributed by atoms with Crippen LogP contribution < -0.4 is 5.32 Å². The van der Waals surface area contributed by atoms with Crippen molar-refractivity contribution in [2.24, 2.45) is 5.92 Å². The van der Waals surface area contributed by atoms with Crippen LogP contribution in [0, 0.1) is 17.2 Å². The summed E-state index contributed by atoms with van der Waals surface area (Å²) in [6, 6.07) is 14.3. The van der Waals surface area contributed by atoms with Crippen LogP contribution in [0.4, 0.5) is 0 Å². The lowest BCUT2D eigenvalue weighted by atomic mass is 9.99. The molecule has 0 spiro atoms. The largest absolute Gasteiger partial charge is 0.348 e. The Morgan fingerprint density at radius 3 is 2.54 bits per heavy atom. The van der Waals surface area contributed by atoms with E-state index in [1.807, 2.05) is 19.1 Å². The minimum Gasteiger partial charge on any atom is -0.348 e. The van der Waals surface area contributed by atoms with E-state index in [1.54, 1.807) is 18.2 Å². The van der Waals surface area contributed by atoms with Gasteiger partial charge in [-0.3, -0.25) is 9.59 Å². The van der Waals surface area contributed by atoms with Gasteiger partial charge < -0.3 is 10.2 Å². The number of hydrogen-bond acceptors (Lipinski definition) is 5. The quantitative estimate of drug-likeness (QED) is 0.635. The molecule has 2 aliphatic rings. The van der Waals surface area contributed by atoms with Crippen molar-refractivity contribution in [1.82, 2.24) is 14.5 Å². The molecule has 2 atom stereocenters. The summed E-state index contributed by atoms with van der Waals surface area (Å²) in [6.07, 6.45) is 2.12. The minimum absolute atomic E-state index is 0.00844. The number of nitrogens with zero attached hydrogens (tertiary/aromatic N) is 3. The molecule has 0 aromatic heterocycles. The van der Waals surface area contributed by atoms with Gasteiger partial charge in [-0.15, -0.1) is 0 Å². The highest BCUT2D eigenvalue weighted by Crippen LogP contribution is 2.27.